The molecule has 1 aromatic rings. The first-order valence-corrected chi connectivity index (χ1v) is 6.24. The molecule has 0 fully saturated rings. The summed E-state index contributed by atoms with van der Waals surface area (Å²) in [7, 11) is 0. The highest BCUT2D eigenvalue weighted by Crippen LogP contribution is 2.32. The Balaban J connectivity index is 3.04. The lowest BCUT2D eigenvalue weighted by molar-refractivity contribution is -0.183. The summed E-state index contributed by atoms with van der Waals surface area (Å²) >= 11 is 0. The van der Waals surface area contributed by atoms with Crippen molar-refractivity contribution in [3.8, 4) is 0 Å². The van der Waals surface area contributed by atoms with E-state index in [1.54, 1.807) is 5.32 Å². The SMILES string of the molecule is [3H]c1c(F)cc(F)cc1NC(=O)C(CC(C)C(=O)NO)C(F)(F)F. The van der Waals surface area contributed by atoms with Crippen molar-refractivity contribution in [2.75, 3.05) is 5.32 Å². The van der Waals surface area contributed by atoms with Crippen LogP contribution >= 0.6 is 0 Å². The summed E-state index contributed by atoms with van der Waals surface area (Å²) in [5.74, 6) is -9.41. The summed E-state index contributed by atoms with van der Waals surface area (Å²) in [6.45, 7) is 1.05. The Morgan fingerprint density at radius 1 is 1.26 bits per heavy atom. The van der Waals surface area contributed by atoms with Crippen molar-refractivity contribution in [3.63, 3.8) is 0 Å². The van der Waals surface area contributed by atoms with Crippen molar-refractivity contribution in [3.05, 3.63) is 29.8 Å². The fraction of sp³-hybridized carbons (Fsp3) is 0.385. The standard InChI is InChI=1S/C13H13F5N2O3/c1-6(11(21)20-23)2-10(13(16,17)18)12(22)19-9-4-7(14)3-8(15)5-9/h3-6,10,23H,2H2,1H3,(H,19,22)(H,20,21)/i4T. The summed E-state index contributed by atoms with van der Waals surface area (Å²) in [6.07, 6.45) is -6.06. The van der Waals surface area contributed by atoms with E-state index in [-0.39, 0.29) is 0 Å². The van der Waals surface area contributed by atoms with Gasteiger partial charge in [-0.25, -0.2) is 14.3 Å². The average Bonchev–Trinajstić information content (AvgIpc) is 2.47. The van der Waals surface area contributed by atoms with E-state index in [9.17, 15) is 31.5 Å². The van der Waals surface area contributed by atoms with Crippen molar-refractivity contribution in [1.29, 1.82) is 0 Å². The van der Waals surface area contributed by atoms with Crippen LogP contribution < -0.4 is 10.8 Å². The van der Waals surface area contributed by atoms with Gasteiger partial charge in [0.05, 0.1) is 1.37 Å². The van der Waals surface area contributed by atoms with Crippen LogP contribution in [0.5, 0.6) is 0 Å². The number of hydroxylamine groups is 1. The molecule has 0 saturated heterocycles. The fourth-order valence-corrected chi connectivity index (χ4v) is 1.75. The number of carbonyl (C=O) groups excluding carboxylic acids is 2. The molecule has 0 aliphatic rings. The van der Waals surface area contributed by atoms with Crippen molar-refractivity contribution < 1.29 is 38.1 Å². The molecule has 2 atom stereocenters. The lowest BCUT2D eigenvalue weighted by Crippen LogP contribution is -2.38. The zero-order chi connectivity index (χ0) is 18.7. The highest BCUT2D eigenvalue weighted by Gasteiger charge is 2.46. The predicted molar refractivity (Wildman–Crippen MR) is 68.2 cm³/mol. The van der Waals surface area contributed by atoms with Gasteiger partial charge in [0.1, 0.15) is 17.6 Å². The summed E-state index contributed by atoms with van der Waals surface area (Å²) in [4.78, 5) is 22.9. The minimum Gasteiger partial charge on any atom is -0.325 e. The van der Waals surface area contributed by atoms with Crippen molar-refractivity contribution in [1.82, 2.24) is 5.48 Å². The first-order chi connectivity index (χ1) is 11.0. The number of benzene rings is 1. The molecule has 0 aliphatic heterocycles. The van der Waals surface area contributed by atoms with Crippen LogP contribution in [0.2, 0.25) is 0 Å². The third-order valence-electron chi connectivity index (χ3n) is 2.92. The van der Waals surface area contributed by atoms with Crippen LogP contribution in [0.1, 0.15) is 14.7 Å². The van der Waals surface area contributed by atoms with Gasteiger partial charge in [-0.15, -0.1) is 0 Å². The third-order valence-corrected chi connectivity index (χ3v) is 2.92. The number of alkyl halides is 3. The highest BCUT2D eigenvalue weighted by molar-refractivity contribution is 5.93. The van der Waals surface area contributed by atoms with E-state index in [1.807, 2.05) is 0 Å². The van der Waals surface area contributed by atoms with E-state index >= 15 is 0 Å². The number of anilines is 1. The van der Waals surface area contributed by atoms with Gasteiger partial charge in [-0.05, 0) is 18.5 Å². The van der Waals surface area contributed by atoms with E-state index in [0.29, 0.717) is 12.1 Å². The quantitative estimate of drug-likeness (QED) is 0.437. The molecular formula is C13H13F5N2O3. The zero-order valence-electron chi connectivity index (χ0n) is 12.7. The second-order valence-electron chi connectivity index (χ2n) is 4.76. The van der Waals surface area contributed by atoms with E-state index in [0.717, 1.165) is 6.92 Å². The molecular weight excluding hydrogens is 327 g/mol. The summed E-state index contributed by atoms with van der Waals surface area (Å²) < 4.78 is 72.6. The molecule has 0 spiro atoms. The Labute approximate surface area is 128 Å². The zero-order valence-corrected chi connectivity index (χ0v) is 11.7. The summed E-state index contributed by atoms with van der Waals surface area (Å²) in [5, 5.41) is 10.0. The van der Waals surface area contributed by atoms with Gasteiger partial charge in [-0.2, -0.15) is 13.2 Å². The lowest BCUT2D eigenvalue weighted by atomic mass is 9.94. The van der Waals surface area contributed by atoms with E-state index < -0.39 is 59.6 Å². The lowest BCUT2D eigenvalue weighted by Gasteiger charge is -2.22. The van der Waals surface area contributed by atoms with E-state index in [2.05, 4.69) is 0 Å². The summed E-state index contributed by atoms with van der Waals surface area (Å²) in [6, 6.07) is -0.139. The van der Waals surface area contributed by atoms with Crippen LogP contribution in [-0.4, -0.2) is 23.2 Å². The van der Waals surface area contributed by atoms with Crippen LogP contribution in [0, 0.1) is 23.5 Å². The third kappa shape index (κ3) is 5.47. The van der Waals surface area contributed by atoms with Gasteiger partial charge in [-0.3, -0.25) is 14.8 Å². The van der Waals surface area contributed by atoms with E-state index in [4.69, 9.17) is 6.58 Å². The van der Waals surface area contributed by atoms with Crippen molar-refractivity contribution >= 4 is 17.5 Å². The molecule has 0 aliphatic carbocycles. The molecule has 128 valence electrons. The number of carbonyl (C=O) groups is 2. The molecule has 3 N–H and O–H groups in total. The van der Waals surface area contributed by atoms with Crippen LogP contribution in [0.15, 0.2) is 18.2 Å². The molecule has 23 heavy (non-hydrogen) atoms. The Morgan fingerprint density at radius 2 is 1.87 bits per heavy atom. The van der Waals surface area contributed by atoms with Gasteiger partial charge < -0.3 is 5.32 Å². The first-order valence-electron chi connectivity index (χ1n) is 6.74. The van der Waals surface area contributed by atoms with Crippen LogP contribution in [0.4, 0.5) is 27.6 Å². The van der Waals surface area contributed by atoms with Gasteiger partial charge in [-0.1, -0.05) is 6.92 Å². The molecule has 2 unspecified atom stereocenters. The minimum atomic E-state index is -5.05. The average molecular weight is 342 g/mol. The van der Waals surface area contributed by atoms with Gasteiger partial charge >= 0.3 is 6.18 Å². The molecule has 0 aromatic heterocycles. The number of hydrogen-bond acceptors (Lipinski definition) is 3. The second kappa shape index (κ2) is 7.36. The maximum atomic E-state index is 13.2. The molecule has 0 saturated carbocycles. The summed E-state index contributed by atoms with van der Waals surface area (Å²) in [5.41, 5.74) is 0.395. The maximum absolute atomic E-state index is 13.2. The molecule has 0 heterocycles. The molecule has 2 amide bonds. The molecule has 10 heteroatoms. The minimum absolute atomic E-state index is 0.340. The van der Waals surface area contributed by atoms with Gasteiger partial charge in [0.15, 0.2) is 0 Å². The number of rotatable bonds is 5. The number of amides is 2. The van der Waals surface area contributed by atoms with Crippen LogP contribution in [-0.2, 0) is 9.59 Å². The molecule has 0 radical (unpaired) electrons. The molecule has 1 aromatic carbocycles. The van der Waals surface area contributed by atoms with E-state index in [1.165, 1.54) is 5.48 Å². The number of hydrogen-bond donors (Lipinski definition) is 3. The van der Waals surface area contributed by atoms with Crippen molar-refractivity contribution in [2.45, 2.75) is 19.5 Å². The van der Waals surface area contributed by atoms with Crippen LogP contribution in [0.25, 0.3) is 0 Å². The Hall–Kier alpha value is -2.23. The van der Waals surface area contributed by atoms with Crippen LogP contribution in [0.3, 0.4) is 0 Å². The number of halogens is 5. The topological polar surface area (TPSA) is 78.4 Å². The predicted octanol–water partition coefficient (Wildman–Crippen LogP) is 2.61. The second-order valence-corrected chi connectivity index (χ2v) is 4.76. The van der Waals surface area contributed by atoms with Crippen molar-refractivity contribution in [2.24, 2.45) is 11.8 Å². The maximum Gasteiger partial charge on any atom is 0.400 e. The highest BCUT2D eigenvalue weighted by atomic mass is 19.4. The first kappa shape index (κ1) is 17.1. The largest absolute Gasteiger partial charge is 0.400 e. The molecule has 5 nitrogen and oxygen atoms in total. The fourth-order valence-electron chi connectivity index (χ4n) is 1.75. The number of nitrogens with one attached hydrogen (secondary N) is 2. The Kier molecular flexibility index (Phi) is 5.48. The Bertz CT molecular complexity index is 639. The monoisotopic (exact) mass is 342 g/mol. The van der Waals surface area contributed by atoms with Gasteiger partial charge in [0.2, 0.25) is 11.8 Å². The molecule has 1 rings (SSSR count). The smallest absolute Gasteiger partial charge is 0.325 e. The molecule has 0 bridgehead atoms. The normalized spacial score (nSPS) is 14.7. The van der Waals surface area contributed by atoms with Gasteiger partial charge in [0, 0.05) is 17.7 Å². The van der Waals surface area contributed by atoms with Gasteiger partial charge in [0.25, 0.3) is 0 Å². The Morgan fingerprint density at radius 3 is 2.39 bits per heavy atom.